The zero-order chi connectivity index (χ0) is 12.0. The molecule has 0 nitrogen and oxygen atoms in total. The molecule has 0 saturated carbocycles. The van der Waals surface area contributed by atoms with Gasteiger partial charge in [0.25, 0.3) is 0 Å². The van der Waals surface area contributed by atoms with Gasteiger partial charge in [-0.25, -0.2) is 0 Å². The first-order chi connectivity index (χ1) is 7.67. The summed E-state index contributed by atoms with van der Waals surface area (Å²) in [6.07, 6.45) is 4.65. The lowest BCUT2D eigenvalue weighted by atomic mass is 9.97. The minimum atomic E-state index is 0.172. The second-order valence-corrected chi connectivity index (χ2v) is 5.24. The monoisotopic (exact) mass is 238 g/mol. The summed E-state index contributed by atoms with van der Waals surface area (Å²) in [6, 6.07) is 8.80. The Hall–Kier alpha value is -0.490. The topological polar surface area (TPSA) is 0 Å². The Kier molecular flexibility index (Phi) is 5.90. The molecule has 2 atom stereocenters. The molecule has 0 aliphatic rings. The van der Waals surface area contributed by atoms with Crippen LogP contribution in [0.2, 0.25) is 0 Å². The quantitative estimate of drug-likeness (QED) is 0.586. The highest BCUT2D eigenvalue weighted by atomic mass is 35.5. The molecule has 0 heterocycles. The maximum absolute atomic E-state index is 6.41. The van der Waals surface area contributed by atoms with Crippen LogP contribution in [0.5, 0.6) is 0 Å². The Morgan fingerprint density at radius 2 is 1.75 bits per heavy atom. The van der Waals surface area contributed by atoms with Crippen LogP contribution in [0.15, 0.2) is 24.3 Å². The van der Waals surface area contributed by atoms with Crippen LogP contribution < -0.4 is 0 Å². The molecule has 0 aromatic heterocycles. The summed E-state index contributed by atoms with van der Waals surface area (Å²) in [5.41, 5.74) is 2.68. The fourth-order valence-electron chi connectivity index (χ4n) is 1.84. The number of rotatable bonds is 6. The summed E-state index contributed by atoms with van der Waals surface area (Å²) in [6.45, 7) is 6.70. The van der Waals surface area contributed by atoms with E-state index in [9.17, 15) is 0 Å². The Bertz CT molecular complexity index is 289. The van der Waals surface area contributed by atoms with Crippen LogP contribution in [0.3, 0.4) is 0 Å². The Balaban J connectivity index is 2.59. The standard InChI is InChI=1S/C15H23Cl/c1-4-6-13-7-9-14(10-8-13)15(16)11-12(3)5-2/h7-10,12,15H,4-6,11H2,1-3H3. The van der Waals surface area contributed by atoms with Crippen molar-refractivity contribution in [1.29, 1.82) is 0 Å². The van der Waals surface area contributed by atoms with E-state index in [1.807, 2.05) is 0 Å². The average molecular weight is 239 g/mol. The van der Waals surface area contributed by atoms with E-state index in [0.717, 1.165) is 6.42 Å². The third-order valence-corrected chi connectivity index (χ3v) is 3.62. The molecule has 0 fully saturated rings. The van der Waals surface area contributed by atoms with Gasteiger partial charge >= 0.3 is 0 Å². The van der Waals surface area contributed by atoms with E-state index < -0.39 is 0 Å². The molecule has 1 heteroatoms. The molecular weight excluding hydrogens is 216 g/mol. The number of halogens is 1. The molecule has 0 amide bonds. The molecule has 1 rings (SSSR count). The Morgan fingerprint density at radius 3 is 2.25 bits per heavy atom. The predicted octanol–water partition coefficient (Wildman–Crippen LogP) is 5.36. The maximum atomic E-state index is 6.41. The summed E-state index contributed by atoms with van der Waals surface area (Å²) in [4.78, 5) is 0. The van der Waals surface area contributed by atoms with Gasteiger partial charge in [-0.1, -0.05) is 57.9 Å². The molecule has 0 aliphatic heterocycles. The van der Waals surface area contributed by atoms with E-state index in [1.54, 1.807) is 0 Å². The summed E-state index contributed by atoms with van der Waals surface area (Å²) >= 11 is 6.41. The number of benzene rings is 1. The van der Waals surface area contributed by atoms with Gasteiger partial charge in [0.1, 0.15) is 0 Å². The third kappa shape index (κ3) is 4.17. The van der Waals surface area contributed by atoms with Crippen LogP contribution in [-0.2, 0) is 6.42 Å². The van der Waals surface area contributed by atoms with Crippen LogP contribution in [0.4, 0.5) is 0 Å². The molecule has 90 valence electrons. The van der Waals surface area contributed by atoms with Crippen LogP contribution in [0, 0.1) is 5.92 Å². The van der Waals surface area contributed by atoms with Gasteiger partial charge in [0.2, 0.25) is 0 Å². The van der Waals surface area contributed by atoms with E-state index in [4.69, 9.17) is 11.6 Å². The van der Waals surface area contributed by atoms with E-state index >= 15 is 0 Å². The first-order valence-corrected chi connectivity index (χ1v) is 6.83. The van der Waals surface area contributed by atoms with E-state index in [0.29, 0.717) is 5.92 Å². The largest absolute Gasteiger partial charge is 0.118 e. The summed E-state index contributed by atoms with van der Waals surface area (Å²) in [7, 11) is 0. The zero-order valence-corrected chi connectivity index (χ0v) is 11.4. The fourth-order valence-corrected chi connectivity index (χ4v) is 2.29. The molecule has 0 radical (unpaired) electrons. The van der Waals surface area contributed by atoms with Crippen molar-refractivity contribution in [2.75, 3.05) is 0 Å². The fraction of sp³-hybridized carbons (Fsp3) is 0.600. The summed E-state index contributed by atoms with van der Waals surface area (Å²) in [5, 5.41) is 0.172. The zero-order valence-electron chi connectivity index (χ0n) is 10.7. The number of alkyl halides is 1. The normalized spacial score (nSPS) is 14.8. The van der Waals surface area contributed by atoms with Gasteiger partial charge in [0.15, 0.2) is 0 Å². The molecule has 1 aromatic rings. The van der Waals surface area contributed by atoms with Crippen molar-refractivity contribution in [1.82, 2.24) is 0 Å². The molecule has 0 saturated heterocycles. The second-order valence-electron chi connectivity index (χ2n) is 4.71. The SMILES string of the molecule is CCCc1ccc(C(Cl)CC(C)CC)cc1. The van der Waals surface area contributed by atoms with Crippen molar-refractivity contribution in [3.05, 3.63) is 35.4 Å². The molecule has 16 heavy (non-hydrogen) atoms. The molecule has 0 aliphatic carbocycles. The lowest BCUT2D eigenvalue weighted by Gasteiger charge is -2.14. The predicted molar refractivity (Wildman–Crippen MR) is 73.1 cm³/mol. The molecule has 0 bridgehead atoms. The minimum absolute atomic E-state index is 0.172. The minimum Gasteiger partial charge on any atom is -0.118 e. The summed E-state index contributed by atoms with van der Waals surface area (Å²) in [5.74, 6) is 0.706. The highest BCUT2D eigenvalue weighted by Gasteiger charge is 2.11. The van der Waals surface area contributed by atoms with Gasteiger partial charge < -0.3 is 0 Å². The van der Waals surface area contributed by atoms with Crippen molar-refractivity contribution in [3.63, 3.8) is 0 Å². The number of aryl methyl sites for hydroxylation is 1. The molecule has 1 aromatic carbocycles. The van der Waals surface area contributed by atoms with E-state index in [-0.39, 0.29) is 5.38 Å². The first-order valence-electron chi connectivity index (χ1n) is 6.40. The summed E-state index contributed by atoms with van der Waals surface area (Å²) < 4.78 is 0. The van der Waals surface area contributed by atoms with Crippen LogP contribution in [-0.4, -0.2) is 0 Å². The third-order valence-electron chi connectivity index (χ3n) is 3.19. The smallest absolute Gasteiger partial charge is 0.0587 e. The number of hydrogen-bond acceptors (Lipinski definition) is 0. The van der Waals surface area contributed by atoms with Crippen molar-refractivity contribution in [2.24, 2.45) is 5.92 Å². The first kappa shape index (κ1) is 13.6. The Morgan fingerprint density at radius 1 is 1.12 bits per heavy atom. The van der Waals surface area contributed by atoms with Crippen molar-refractivity contribution in [2.45, 2.75) is 51.8 Å². The van der Waals surface area contributed by atoms with Gasteiger partial charge in [0.05, 0.1) is 5.38 Å². The Labute approximate surface area is 105 Å². The molecule has 0 N–H and O–H groups in total. The van der Waals surface area contributed by atoms with E-state index in [1.165, 1.54) is 30.4 Å². The highest BCUT2D eigenvalue weighted by molar-refractivity contribution is 6.20. The average Bonchev–Trinajstić information content (AvgIpc) is 2.30. The van der Waals surface area contributed by atoms with Crippen LogP contribution in [0.1, 0.15) is 56.5 Å². The van der Waals surface area contributed by atoms with Gasteiger partial charge in [-0.15, -0.1) is 11.6 Å². The van der Waals surface area contributed by atoms with Crippen molar-refractivity contribution in [3.8, 4) is 0 Å². The van der Waals surface area contributed by atoms with Gasteiger partial charge in [-0.3, -0.25) is 0 Å². The molecule has 2 unspecified atom stereocenters. The van der Waals surface area contributed by atoms with Gasteiger partial charge in [-0.05, 0) is 29.9 Å². The highest BCUT2D eigenvalue weighted by Crippen LogP contribution is 2.29. The van der Waals surface area contributed by atoms with Gasteiger partial charge in [0, 0.05) is 0 Å². The van der Waals surface area contributed by atoms with Crippen molar-refractivity contribution < 1.29 is 0 Å². The van der Waals surface area contributed by atoms with E-state index in [2.05, 4.69) is 45.0 Å². The van der Waals surface area contributed by atoms with Crippen molar-refractivity contribution >= 4 is 11.6 Å². The molecule has 0 spiro atoms. The maximum Gasteiger partial charge on any atom is 0.0587 e. The van der Waals surface area contributed by atoms with Crippen LogP contribution in [0.25, 0.3) is 0 Å². The van der Waals surface area contributed by atoms with Crippen LogP contribution >= 0.6 is 11.6 Å². The van der Waals surface area contributed by atoms with Gasteiger partial charge in [-0.2, -0.15) is 0 Å². The lowest BCUT2D eigenvalue weighted by molar-refractivity contribution is 0.508. The number of hydrogen-bond donors (Lipinski definition) is 0. The lowest BCUT2D eigenvalue weighted by Crippen LogP contribution is -1.99. The second kappa shape index (κ2) is 6.96. The molecular formula is C15H23Cl.